The van der Waals surface area contributed by atoms with Gasteiger partial charge in [-0.25, -0.2) is 0 Å². The number of rotatable bonds is 7. The highest BCUT2D eigenvalue weighted by molar-refractivity contribution is 5.50. The van der Waals surface area contributed by atoms with Crippen LogP contribution in [0.5, 0.6) is 5.75 Å². The van der Waals surface area contributed by atoms with Gasteiger partial charge >= 0.3 is 0 Å². The smallest absolute Gasteiger partial charge is 0.121 e. The third-order valence-electron chi connectivity index (χ3n) is 4.33. The van der Waals surface area contributed by atoms with Gasteiger partial charge in [-0.15, -0.1) is 0 Å². The average molecular weight is 312 g/mol. The summed E-state index contributed by atoms with van der Waals surface area (Å²) in [6, 6.07) is 14.4. The topological polar surface area (TPSA) is 38.5 Å². The van der Waals surface area contributed by atoms with E-state index in [9.17, 15) is 0 Å². The van der Waals surface area contributed by atoms with Crippen LogP contribution in [0.4, 0.5) is 5.69 Å². The first-order chi connectivity index (χ1) is 11.0. The van der Waals surface area contributed by atoms with Gasteiger partial charge in [0.1, 0.15) is 12.4 Å². The van der Waals surface area contributed by atoms with Gasteiger partial charge in [-0.05, 0) is 56.5 Å². The Morgan fingerprint density at radius 1 is 1.00 bits per heavy atom. The SMILES string of the molecule is CCN(CC)c1cccc(OCC(N)c2ccc(C)c(C)c2)c1. The van der Waals surface area contributed by atoms with Gasteiger partial charge in [-0.1, -0.05) is 24.3 Å². The Bertz CT molecular complexity index is 635. The monoisotopic (exact) mass is 312 g/mol. The lowest BCUT2D eigenvalue weighted by molar-refractivity contribution is 0.290. The minimum atomic E-state index is -0.119. The summed E-state index contributed by atoms with van der Waals surface area (Å²) in [6.45, 7) is 11.0. The molecule has 0 saturated carbocycles. The van der Waals surface area contributed by atoms with Crippen LogP contribution in [0.3, 0.4) is 0 Å². The molecule has 2 aromatic rings. The van der Waals surface area contributed by atoms with E-state index in [1.165, 1.54) is 16.8 Å². The van der Waals surface area contributed by atoms with Crippen molar-refractivity contribution in [2.45, 2.75) is 33.7 Å². The fourth-order valence-corrected chi connectivity index (χ4v) is 2.64. The van der Waals surface area contributed by atoms with Crippen LogP contribution in [-0.2, 0) is 0 Å². The average Bonchev–Trinajstić information content (AvgIpc) is 2.57. The minimum Gasteiger partial charge on any atom is -0.492 e. The quantitative estimate of drug-likeness (QED) is 0.831. The highest BCUT2D eigenvalue weighted by atomic mass is 16.5. The summed E-state index contributed by atoms with van der Waals surface area (Å²) in [6.07, 6.45) is 0. The van der Waals surface area contributed by atoms with Crippen LogP contribution in [0.15, 0.2) is 42.5 Å². The van der Waals surface area contributed by atoms with E-state index in [1.807, 2.05) is 12.1 Å². The van der Waals surface area contributed by atoms with Crippen molar-refractivity contribution in [3.8, 4) is 5.75 Å². The molecule has 2 aromatic carbocycles. The maximum atomic E-state index is 6.28. The fourth-order valence-electron chi connectivity index (χ4n) is 2.64. The van der Waals surface area contributed by atoms with Gasteiger partial charge in [0.15, 0.2) is 0 Å². The summed E-state index contributed by atoms with van der Waals surface area (Å²) in [5, 5.41) is 0. The van der Waals surface area contributed by atoms with Crippen LogP contribution < -0.4 is 15.4 Å². The standard InChI is InChI=1S/C20H28N2O/c1-5-22(6-2)18-8-7-9-19(13-18)23-14-20(21)17-11-10-15(3)16(4)12-17/h7-13,20H,5-6,14,21H2,1-4H3. The first-order valence-electron chi connectivity index (χ1n) is 8.35. The van der Waals surface area contributed by atoms with Crippen LogP contribution in [0, 0.1) is 13.8 Å². The van der Waals surface area contributed by atoms with E-state index < -0.39 is 0 Å². The van der Waals surface area contributed by atoms with Gasteiger partial charge < -0.3 is 15.4 Å². The first kappa shape index (κ1) is 17.4. The normalized spacial score (nSPS) is 12.0. The summed E-state index contributed by atoms with van der Waals surface area (Å²) in [4.78, 5) is 2.30. The minimum absolute atomic E-state index is 0.119. The number of nitrogens with zero attached hydrogens (tertiary/aromatic N) is 1. The summed E-state index contributed by atoms with van der Waals surface area (Å²) < 4.78 is 5.92. The van der Waals surface area contributed by atoms with Gasteiger partial charge in [-0.3, -0.25) is 0 Å². The number of hydrogen-bond donors (Lipinski definition) is 1. The molecule has 0 aliphatic carbocycles. The molecule has 0 heterocycles. The van der Waals surface area contributed by atoms with Crippen molar-refractivity contribution in [2.75, 3.05) is 24.6 Å². The van der Waals surface area contributed by atoms with E-state index in [-0.39, 0.29) is 6.04 Å². The number of hydrogen-bond acceptors (Lipinski definition) is 3. The van der Waals surface area contributed by atoms with E-state index in [0.29, 0.717) is 6.61 Å². The Hall–Kier alpha value is -2.00. The molecule has 0 fully saturated rings. The van der Waals surface area contributed by atoms with E-state index in [2.05, 4.69) is 62.9 Å². The number of ether oxygens (including phenoxy) is 1. The van der Waals surface area contributed by atoms with Crippen LogP contribution in [-0.4, -0.2) is 19.7 Å². The second-order valence-electron chi connectivity index (χ2n) is 5.93. The van der Waals surface area contributed by atoms with Gasteiger partial charge in [0.05, 0.1) is 6.04 Å². The number of nitrogens with two attached hydrogens (primary N) is 1. The Labute approximate surface area is 140 Å². The van der Waals surface area contributed by atoms with Crippen LogP contribution in [0.1, 0.15) is 36.6 Å². The zero-order valence-corrected chi connectivity index (χ0v) is 14.7. The second-order valence-corrected chi connectivity index (χ2v) is 5.93. The van der Waals surface area contributed by atoms with Crippen molar-refractivity contribution < 1.29 is 4.74 Å². The molecule has 0 amide bonds. The van der Waals surface area contributed by atoms with E-state index in [1.54, 1.807) is 0 Å². The van der Waals surface area contributed by atoms with Crippen LogP contribution in [0.25, 0.3) is 0 Å². The van der Waals surface area contributed by atoms with Gasteiger partial charge in [-0.2, -0.15) is 0 Å². The van der Waals surface area contributed by atoms with E-state index in [0.717, 1.165) is 24.4 Å². The van der Waals surface area contributed by atoms with Crippen LogP contribution in [0.2, 0.25) is 0 Å². The van der Waals surface area contributed by atoms with E-state index in [4.69, 9.17) is 10.5 Å². The van der Waals surface area contributed by atoms with Gasteiger partial charge in [0, 0.05) is 24.8 Å². The molecule has 124 valence electrons. The van der Waals surface area contributed by atoms with Crippen molar-refractivity contribution in [1.29, 1.82) is 0 Å². The lowest BCUT2D eigenvalue weighted by atomic mass is 10.0. The Morgan fingerprint density at radius 2 is 1.74 bits per heavy atom. The van der Waals surface area contributed by atoms with Gasteiger partial charge in [0.2, 0.25) is 0 Å². The molecule has 3 heteroatoms. The number of aryl methyl sites for hydroxylation is 2. The predicted octanol–water partition coefficient (Wildman–Crippen LogP) is 4.23. The molecular weight excluding hydrogens is 284 g/mol. The molecule has 0 spiro atoms. The highest BCUT2D eigenvalue weighted by Gasteiger charge is 2.09. The number of anilines is 1. The maximum Gasteiger partial charge on any atom is 0.121 e. The highest BCUT2D eigenvalue weighted by Crippen LogP contribution is 2.22. The van der Waals surface area contributed by atoms with Crippen molar-refractivity contribution in [2.24, 2.45) is 5.73 Å². The molecule has 0 aromatic heterocycles. The largest absolute Gasteiger partial charge is 0.492 e. The van der Waals surface area contributed by atoms with Gasteiger partial charge in [0.25, 0.3) is 0 Å². The van der Waals surface area contributed by atoms with Crippen molar-refractivity contribution in [1.82, 2.24) is 0 Å². The molecule has 3 nitrogen and oxygen atoms in total. The molecule has 2 N–H and O–H groups in total. The predicted molar refractivity (Wildman–Crippen MR) is 98.3 cm³/mol. The zero-order valence-electron chi connectivity index (χ0n) is 14.7. The van der Waals surface area contributed by atoms with Crippen molar-refractivity contribution in [3.05, 3.63) is 59.2 Å². The summed E-state index contributed by atoms with van der Waals surface area (Å²) in [5.41, 5.74) is 11.1. The summed E-state index contributed by atoms with van der Waals surface area (Å²) in [7, 11) is 0. The summed E-state index contributed by atoms with van der Waals surface area (Å²) >= 11 is 0. The second kappa shape index (κ2) is 8.02. The molecule has 0 aliphatic rings. The first-order valence-corrected chi connectivity index (χ1v) is 8.35. The lowest BCUT2D eigenvalue weighted by Gasteiger charge is -2.22. The third kappa shape index (κ3) is 4.49. The van der Waals surface area contributed by atoms with Crippen molar-refractivity contribution >= 4 is 5.69 Å². The number of benzene rings is 2. The molecule has 0 bridgehead atoms. The Balaban J connectivity index is 2.02. The molecular formula is C20H28N2O. The lowest BCUT2D eigenvalue weighted by Crippen LogP contribution is -2.22. The molecule has 0 radical (unpaired) electrons. The molecule has 1 atom stereocenters. The zero-order chi connectivity index (χ0) is 16.8. The Kier molecular flexibility index (Phi) is 6.05. The molecule has 2 rings (SSSR count). The van der Waals surface area contributed by atoms with E-state index >= 15 is 0 Å². The molecule has 0 aliphatic heterocycles. The van der Waals surface area contributed by atoms with Crippen LogP contribution >= 0.6 is 0 Å². The maximum absolute atomic E-state index is 6.28. The fraction of sp³-hybridized carbons (Fsp3) is 0.400. The molecule has 0 saturated heterocycles. The van der Waals surface area contributed by atoms with Crippen molar-refractivity contribution in [3.63, 3.8) is 0 Å². The molecule has 23 heavy (non-hydrogen) atoms. The molecule has 1 unspecified atom stereocenters. The third-order valence-corrected chi connectivity index (χ3v) is 4.33. The summed E-state index contributed by atoms with van der Waals surface area (Å²) in [5.74, 6) is 0.869. The Morgan fingerprint density at radius 3 is 2.39 bits per heavy atom.